The summed E-state index contributed by atoms with van der Waals surface area (Å²) < 4.78 is 10.5. The second-order valence-corrected chi connectivity index (χ2v) is 7.80. The van der Waals surface area contributed by atoms with Gasteiger partial charge in [-0.25, -0.2) is 0 Å². The van der Waals surface area contributed by atoms with Crippen molar-refractivity contribution in [3.05, 3.63) is 77.1 Å². The van der Waals surface area contributed by atoms with Gasteiger partial charge in [-0.2, -0.15) is 4.98 Å². The van der Waals surface area contributed by atoms with Gasteiger partial charge in [-0.3, -0.25) is 15.1 Å². The number of hydrogen-bond donors (Lipinski definition) is 0. The summed E-state index contributed by atoms with van der Waals surface area (Å²) in [6.45, 7) is 2.84. The highest BCUT2D eigenvalue weighted by Gasteiger charge is 2.25. The van der Waals surface area contributed by atoms with E-state index in [1.807, 2.05) is 29.2 Å². The fraction of sp³-hybridized carbons (Fsp3) is 0.208. The van der Waals surface area contributed by atoms with Crippen LogP contribution in [-0.2, 0) is 0 Å². The van der Waals surface area contributed by atoms with E-state index in [0.717, 1.165) is 24.5 Å². The molecule has 0 atom stereocenters. The van der Waals surface area contributed by atoms with Crippen molar-refractivity contribution in [3.8, 4) is 28.6 Å². The molecule has 0 amide bonds. The second kappa shape index (κ2) is 9.18. The van der Waals surface area contributed by atoms with Crippen LogP contribution in [0.2, 0.25) is 0 Å². The van der Waals surface area contributed by atoms with Gasteiger partial charge in [-0.05, 0) is 48.5 Å². The lowest BCUT2D eigenvalue weighted by Crippen LogP contribution is -2.46. The lowest BCUT2D eigenvalue weighted by Gasteiger charge is -2.37. The number of nitrogens with zero attached hydrogens (tertiary/aromatic N) is 6. The summed E-state index contributed by atoms with van der Waals surface area (Å²) in [7, 11) is 1.64. The molecule has 10 heteroatoms. The van der Waals surface area contributed by atoms with Crippen molar-refractivity contribution in [1.82, 2.24) is 15.1 Å². The predicted molar refractivity (Wildman–Crippen MR) is 127 cm³/mol. The Morgan fingerprint density at radius 2 is 1.76 bits per heavy atom. The molecule has 0 unspecified atom stereocenters. The van der Waals surface area contributed by atoms with E-state index in [1.165, 1.54) is 6.07 Å². The summed E-state index contributed by atoms with van der Waals surface area (Å²) in [6, 6.07) is 16.5. The molecule has 0 radical (unpaired) electrons. The van der Waals surface area contributed by atoms with Crippen LogP contribution in [0, 0.1) is 10.1 Å². The van der Waals surface area contributed by atoms with Gasteiger partial charge in [0.05, 0.1) is 17.6 Å². The van der Waals surface area contributed by atoms with Gasteiger partial charge in [-0.1, -0.05) is 5.16 Å². The summed E-state index contributed by atoms with van der Waals surface area (Å²) in [5.74, 6) is 1.41. The summed E-state index contributed by atoms with van der Waals surface area (Å²) in [4.78, 5) is 24.3. The van der Waals surface area contributed by atoms with Gasteiger partial charge in [0.15, 0.2) is 0 Å². The highest BCUT2D eigenvalue weighted by atomic mass is 16.6. The quantitative estimate of drug-likeness (QED) is 0.312. The fourth-order valence-electron chi connectivity index (χ4n) is 4.02. The lowest BCUT2D eigenvalue weighted by molar-refractivity contribution is -0.384. The first-order chi connectivity index (χ1) is 16.6. The Kier molecular flexibility index (Phi) is 5.77. The van der Waals surface area contributed by atoms with Gasteiger partial charge in [0, 0.05) is 55.9 Å². The smallest absolute Gasteiger partial charge is 0.293 e. The van der Waals surface area contributed by atoms with E-state index in [-0.39, 0.29) is 16.4 Å². The van der Waals surface area contributed by atoms with Crippen molar-refractivity contribution in [2.75, 3.05) is 43.1 Å². The van der Waals surface area contributed by atoms with Crippen LogP contribution in [0.5, 0.6) is 5.75 Å². The summed E-state index contributed by atoms with van der Waals surface area (Å²) in [6.07, 6.45) is 3.27. The van der Waals surface area contributed by atoms with Gasteiger partial charge in [-0.15, -0.1) is 0 Å². The molecule has 1 fully saturated rings. The number of hydrogen-bond acceptors (Lipinski definition) is 9. The molecule has 0 aliphatic carbocycles. The summed E-state index contributed by atoms with van der Waals surface area (Å²) >= 11 is 0. The molecule has 2 aromatic heterocycles. The van der Waals surface area contributed by atoms with Crippen molar-refractivity contribution in [2.24, 2.45) is 0 Å². The number of ether oxygens (including phenoxy) is 1. The normalized spacial score (nSPS) is 13.7. The molecular formula is C24H22N6O4. The van der Waals surface area contributed by atoms with Crippen LogP contribution < -0.4 is 14.5 Å². The SMILES string of the molecule is COc1ccc(N2CCN(c3ccc(-c4noc(-c5cccnc5)n4)cc3[N+](=O)[O-])CC2)cc1. The molecule has 0 N–H and O–H groups in total. The molecule has 1 aliphatic heterocycles. The molecule has 5 rings (SSSR count). The predicted octanol–water partition coefficient (Wildman–Crippen LogP) is 4.04. The number of benzene rings is 2. The van der Waals surface area contributed by atoms with Gasteiger partial charge >= 0.3 is 0 Å². The fourth-order valence-corrected chi connectivity index (χ4v) is 4.02. The Hall–Kier alpha value is -4.47. The van der Waals surface area contributed by atoms with Crippen LogP contribution in [0.4, 0.5) is 17.1 Å². The Balaban J connectivity index is 1.34. The average molecular weight is 458 g/mol. The van der Waals surface area contributed by atoms with E-state index < -0.39 is 0 Å². The molecule has 1 aliphatic rings. The Labute approximate surface area is 195 Å². The van der Waals surface area contributed by atoms with Crippen LogP contribution >= 0.6 is 0 Å². The molecular weight excluding hydrogens is 436 g/mol. The number of anilines is 2. The molecule has 34 heavy (non-hydrogen) atoms. The topological polar surface area (TPSA) is 111 Å². The lowest BCUT2D eigenvalue weighted by atomic mass is 10.1. The minimum atomic E-state index is -0.364. The standard InChI is InChI=1S/C24H22N6O4/c1-33-20-7-5-19(6-8-20)28-11-13-29(14-12-28)21-9-4-17(15-22(21)30(31)32)23-26-24(34-27-23)18-3-2-10-25-16-18/h2-10,15-16H,11-14H2,1H3. The zero-order chi connectivity index (χ0) is 23.5. The van der Waals surface area contributed by atoms with Crippen molar-refractivity contribution in [1.29, 1.82) is 0 Å². The summed E-state index contributed by atoms with van der Waals surface area (Å²) in [5.41, 5.74) is 2.90. The van der Waals surface area contributed by atoms with E-state index in [9.17, 15) is 10.1 Å². The minimum absolute atomic E-state index is 0.0168. The third kappa shape index (κ3) is 4.25. The molecule has 0 saturated carbocycles. The molecule has 2 aromatic carbocycles. The highest BCUT2D eigenvalue weighted by molar-refractivity contribution is 5.72. The molecule has 3 heterocycles. The van der Waals surface area contributed by atoms with Crippen LogP contribution in [0.25, 0.3) is 22.8 Å². The number of rotatable bonds is 6. The maximum Gasteiger partial charge on any atom is 0.293 e. The third-order valence-corrected chi connectivity index (χ3v) is 5.82. The van der Waals surface area contributed by atoms with E-state index in [1.54, 1.807) is 43.8 Å². The van der Waals surface area contributed by atoms with Gasteiger partial charge < -0.3 is 19.1 Å². The molecule has 10 nitrogen and oxygen atoms in total. The highest BCUT2D eigenvalue weighted by Crippen LogP contribution is 2.34. The Morgan fingerprint density at radius 1 is 1.00 bits per heavy atom. The van der Waals surface area contributed by atoms with Crippen LogP contribution in [0.3, 0.4) is 0 Å². The van der Waals surface area contributed by atoms with E-state index >= 15 is 0 Å². The number of nitro groups is 1. The Bertz CT molecular complexity index is 1280. The van der Waals surface area contributed by atoms with Gasteiger partial charge in [0.1, 0.15) is 11.4 Å². The zero-order valence-corrected chi connectivity index (χ0v) is 18.5. The van der Waals surface area contributed by atoms with Crippen molar-refractivity contribution in [3.63, 3.8) is 0 Å². The molecule has 1 saturated heterocycles. The van der Waals surface area contributed by atoms with Crippen molar-refractivity contribution in [2.45, 2.75) is 0 Å². The minimum Gasteiger partial charge on any atom is -0.497 e. The van der Waals surface area contributed by atoms with Crippen LogP contribution in [-0.4, -0.2) is 53.3 Å². The first-order valence-corrected chi connectivity index (χ1v) is 10.8. The number of methoxy groups -OCH3 is 1. The summed E-state index contributed by atoms with van der Waals surface area (Å²) in [5, 5.41) is 15.9. The first kappa shape index (κ1) is 21.4. The van der Waals surface area contributed by atoms with E-state index in [2.05, 4.69) is 20.0 Å². The maximum absolute atomic E-state index is 11.9. The maximum atomic E-state index is 11.9. The van der Waals surface area contributed by atoms with Crippen LogP contribution in [0.1, 0.15) is 0 Å². The number of pyridine rings is 1. The Morgan fingerprint density at radius 3 is 2.44 bits per heavy atom. The number of aromatic nitrogens is 3. The molecule has 172 valence electrons. The average Bonchev–Trinajstić information content (AvgIpc) is 3.39. The first-order valence-electron chi connectivity index (χ1n) is 10.8. The number of nitro benzene ring substituents is 1. The largest absolute Gasteiger partial charge is 0.497 e. The molecule has 0 spiro atoms. The molecule has 4 aromatic rings. The van der Waals surface area contributed by atoms with E-state index in [4.69, 9.17) is 9.26 Å². The number of piperazine rings is 1. The van der Waals surface area contributed by atoms with Crippen molar-refractivity contribution >= 4 is 17.1 Å². The second-order valence-electron chi connectivity index (χ2n) is 7.80. The van der Waals surface area contributed by atoms with Gasteiger partial charge in [0.25, 0.3) is 11.6 Å². The molecule has 0 bridgehead atoms. The van der Waals surface area contributed by atoms with Crippen molar-refractivity contribution < 1.29 is 14.2 Å². The zero-order valence-electron chi connectivity index (χ0n) is 18.5. The van der Waals surface area contributed by atoms with E-state index in [0.29, 0.717) is 35.8 Å². The monoisotopic (exact) mass is 458 g/mol. The van der Waals surface area contributed by atoms with Crippen LogP contribution in [0.15, 0.2) is 71.5 Å². The van der Waals surface area contributed by atoms with Gasteiger partial charge in [0.2, 0.25) is 5.82 Å². The third-order valence-electron chi connectivity index (χ3n) is 5.82.